The molecule has 1 aromatic carbocycles. The summed E-state index contributed by atoms with van der Waals surface area (Å²) in [7, 11) is 0. The Bertz CT molecular complexity index is 1030. The van der Waals surface area contributed by atoms with Gasteiger partial charge in [0.1, 0.15) is 17.2 Å². The van der Waals surface area contributed by atoms with E-state index in [-0.39, 0.29) is 24.3 Å². The lowest BCUT2D eigenvalue weighted by Gasteiger charge is -2.51. The maximum atomic E-state index is 13.1. The second-order valence-corrected chi connectivity index (χ2v) is 8.50. The van der Waals surface area contributed by atoms with Crippen LogP contribution in [0.15, 0.2) is 41.5 Å². The van der Waals surface area contributed by atoms with Crippen molar-refractivity contribution < 1.29 is 14.3 Å². The van der Waals surface area contributed by atoms with Gasteiger partial charge >= 0.3 is 0 Å². The highest BCUT2D eigenvalue weighted by Crippen LogP contribution is 2.50. The number of amides is 1. The van der Waals surface area contributed by atoms with Gasteiger partial charge in [-0.3, -0.25) is 9.69 Å². The van der Waals surface area contributed by atoms with Gasteiger partial charge in [-0.25, -0.2) is 14.4 Å². The number of hydrogen-bond donors (Lipinski definition) is 3. The molecule has 1 saturated carbocycles. The van der Waals surface area contributed by atoms with Crippen LogP contribution < -0.4 is 11.1 Å². The lowest BCUT2D eigenvalue weighted by Crippen LogP contribution is -2.62. The number of nitrogens with two attached hydrogens (primary N) is 1. The van der Waals surface area contributed by atoms with Crippen LogP contribution in [0.4, 0.5) is 15.9 Å². The molecule has 2 heterocycles. The van der Waals surface area contributed by atoms with Gasteiger partial charge in [-0.15, -0.1) is 0 Å². The number of pyridine rings is 1. The van der Waals surface area contributed by atoms with Crippen LogP contribution in [0.2, 0.25) is 0 Å². The van der Waals surface area contributed by atoms with Crippen LogP contribution in [0, 0.1) is 5.82 Å². The normalized spacial score (nSPS) is 30.3. The molecular weight excluding hydrogens is 373 g/mol. The first kappa shape index (κ1) is 18.1. The predicted molar refractivity (Wildman–Crippen MR) is 106 cm³/mol. The molecule has 1 aliphatic heterocycles. The molecule has 1 aromatic heterocycles. The summed E-state index contributed by atoms with van der Waals surface area (Å²) in [4.78, 5) is 23.2. The number of fused-ring (bicyclic) bond motifs is 2. The fraction of sp³-hybridized carbons (Fsp3) is 0.381. The lowest BCUT2D eigenvalue weighted by atomic mass is 9.67. The summed E-state index contributed by atoms with van der Waals surface area (Å²) in [6.45, 7) is 1.76. The monoisotopic (exact) mass is 395 g/mol. The van der Waals surface area contributed by atoms with Crippen molar-refractivity contribution in [2.45, 2.75) is 49.8 Å². The molecule has 29 heavy (non-hydrogen) atoms. The Balaban J connectivity index is 1.41. The number of rotatable bonds is 3. The molecular formula is C21H22FN5O2. The third kappa shape index (κ3) is 2.86. The summed E-state index contributed by atoms with van der Waals surface area (Å²) in [5.74, 6) is 0.332. The molecule has 150 valence electrons. The summed E-state index contributed by atoms with van der Waals surface area (Å²) in [6.07, 6.45) is 3.04. The van der Waals surface area contributed by atoms with Crippen molar-refractivity contribution in [1.82, 2.24) is 9.88 Å². The quantitative estimate of drug-likeness (QED) is 0.739. The van der Waals surface area contributed by atoms with E-state index < -0.39 is 17.0 Å². The van der Waals surface area contributed by atoms with Crippen molar-refractivity contribution >= 4 is 23.4 Å². The number of halogens is 1. The van der Waals surface area contributed by atoms with E-state index in [2.05, 4.69) is 10.3 Å². The highest BCUT2D eigenvalue weighted by Gasteiger charge is 2.53. The Hall–Kier alpha value is -3.00. The zero-order chi connectivity index (χ0) is 20.4. The van der Waals surface area contributed by atoms with Crippen LogP contribution in [0.1, 0.15) is 37.3 Å². The Labute approximate surface area is 167 Å². The first-order chi connectivity index (χ1) is 13.8. The smallest absolute Gasteiger partial charge is 0.232 e. The first-order valence-corrected chi connectivity index (χ1v) is 9.67. The minimum absolute atomic E-state index is 0.0535. The van der Waals surface area contributed by atoms with E-state index in [0.717, 1.165) is 23.0 Å². The Morgan fingerprint density at radius 3 is 2.72 bits per heavy atom. The first-order valence-electron chi connectivity index (χ1n) is 9.67. The van der Waals surface area contributed by atoms with Gasteiger partial charge in [0.25, 0.3) is 0 Å². The van der Waals surface area contributed by atoms with Gasteiger partial charge in [0.15, 0.2) is 5.96 Å². The minimum Gasteiger partial charge on any atom is -0.390 e. The van der Waals surface area contributed by atoms with Crippen molar-refractivity contribution in [3.05, 3.63) is 53.5 Å². The molecule has 4 N–H and O–H groups in total. The van der Waals surface area contributed by atoms with Gasteiger partial charge in [-0.05, 0) is 49.1 Å². The topological polar surface area (TPSA) is 104 Å². The summed E-state index contributed by atoms with van der Waals surface area (Å²) in [5.41, 5.74) is 7.73. The second-order valence-electron chi connectivity index (χ2n) is 8.50. The van der Waals surface area contributed by atoms with E-state index in [4.69, 9.17) is 10.7 Å². The van der Waals surface area contributed by atoms with Gasteiger partial charge in [0.2, 0.25) is 5.91 Å². The van der Waals surface area contributed by atoms with Crippen LogP contribution in [0.5, 0.6) is 0 Å². The molecule has 7 nitrogen and oxygen atoms in total. The number of anilines is 2. The average molecular weight is 395 g/mol. The number of benzene rings is 1. The Morgan fingerprint density at radius 2 is 2.07 bits per heavy atom. The van der Waals surface area contributed by atoms with E-state index in [1.807, 2.05) is 18.2 Å². The maximum Gasteiger partial charge on any atom is 0.232 e. The third-order valence-electron chi connectivity index (χ3n) is 6.14. The highest BCUT2D eigenvalue weighted by atomic mass is 19.1. The molecule has 2 aliphatic carbocycles. The van der Waals surface area contributed by atoms with Gasteiger partial charge in [-0.2, -0.15) is 0 Å². The van der Waals surface area contributed by atoms with Crippen LogP contribution in [-0.2, 0) is 16.8 Å². The molecule has 1 amide bonds. The number of aliphatic imine (C=N–C) groups is 1. The van der Waals surface area contributed by atoms with E-state index >= 15 is 0 Å². The number of hydrogen-bond acceptors (Lipinski definition) is 6. The SMILES string of the molecule is CC1(O)CC(N2C(=O)C[C@]3(Cc4c(Nc5ccc(F)cn5)cccc43)N=C2N)C1. The van der Waals surface area contributed by atoms with E-state index in [1.54, 1.807) is 17.9 Å². The number of nitrogens with one attached hydrogen (secondary N) is 1. The van der Waals surface area contributed by atoms with Gasteiger partial charge in [0.05, 0.1) is 18.2 Å². The van der Waals surface area contributed by atoms with Crippen LogP contribution in [0.3, 0.4) is 0 Å². The molecule has 2 aromatic rings. The van der Waals surface area contributed by atoms with Gasteiger partial charge in [-0.1, -0.05) is 12.1 Å². The van der Waals surface area contributed by atoms with E-state index in [1.165, 1.54) is 6.07 Å². The molecule has 8 heteroatoms. The van der Waals surface area contributed by atoms with E-state index in [0.29, 0.717) is 25.1 Å². The van der Waals surface area contributed by atoms with Crippen molar-refractivity contribution in [3.63, 3.8) is 0 Å². The fourth-order valence-corrected chi connectivity index (χ4v) is 4.76. The largest absolute Gasteiger partial charge is 0.390 e. The summed E-state index contributed by atoms with van der Waals surface area (Å²) < 4.78 is 13.1. The molecule has 3 aliphatic rings. The molecule has 0 unspecified atom stereocenters. The number of carbonyl (C=O) groups is 1. The number of aromatic nitrogens is 1. The average Bonchev–Trinajstić information content (AvgIpc) is 2.62. The maximum absolute atomic E-state index is 13.1. The molecule has 1 fully saturated rings. The number of carbonyl (C=O) groups excluding carboxylic acids is 1. The van der Waals surface area contributed by atoms with Crippen molar-refractivity contribution in [1.29, 1.82) is 0 Å². The predicted octanol–water partition coefficient (Wildman–Crippen LogP) is 2.18. The Morgan fingerprint density at radius 1 is 1.28 bits per heavy atom. The molecule has 0 saturated heterocycles. The van der Waals surface area contributed by atoms with Gasteiger partial charge in [0, 0.05) is 18.2 Å². The highest BCUT2D eigenvalue weighted by molar-refractivity contribution is 6.00. The van der Waals surface area contributed by atoms with Crippen molar-refractivity contribution in [2.75, 3.05) is 5.32 Å². The number of guanidine groups is 1. The van der Waals surface area contributed by atoms with Crippen molar-refractivity contribution in [3.8, 4) is 0 Å². The molecule has 1 atom stereocenters. The summed E-state index contributed by atoms with van der Waals surface area (Å²) in [5, 5.41) is 13.2. The number of nitrogens with zero attached hydrogens (tertiary/aromatic N) is 3. The second kappa shape index (κ2) is 6.00. The zero-order valence-corrected chi connectivity index (χ0v) is 16.0. The van der Waals surface area contributed by atoms with Crippen LogP contribution in [-0.4, -0.2) is 38.5 Å². The lowest BCUT2D eigenvalue weighted by molar-refractivity contribution is -0.139. The standard InChI is InChI=1S/C21H22FN5O2/c1-20(29)7-13(8-20)27-18(28)10-21(26-19(27)23)9-14-15(21)3-2-4-16(14)25-17-6-5-12(22)11-24-17/h2-6,11,13,29H,7-10H2,1H3,(H2,23,26)(H,24,25)/t13?,20?,21-/m0/s1. The summed E-state index contributed by atoms with van der Waals surface area (Å²) in [6, 6.07) is 8.64. The molecule has 1 spiro atoms. The van der Waals surface area contributed by atoms with E-state index in [9.17, 15) is 14.3 Å². The number of aliphatic hydroxyl groups is 1. The summed E-state index contributed by atoms with van der Waals surface area (Å²) >= 11 is 0. The Kier molecular flexibility index (Phi) is 3.73. The van der Waals surface area contributed by atoms with Gasteiger partial charge < -0.3 is 16.2 Å². The molecule has 0 radical (unpaired) electrons. The van der Waals surface area contributed by atoms with Crippen LogP contribution >= 0.6 is 0 Å². The molecule has 0 bridgehead atoms. The minimum atomic E-state index is -0.738. The zero-order valence-electron chi connectivity index (χ0n) is 16.0. The fourth-order valence-electron chi connectivity index (χ4n) is 4.76. The van der Waals surface area contributed by atoms with Crippen LogP contribution in [0.25, 0.3) is 0 Å². The third-order valence-corrected chi connectivity index (χ3v) is 6.14. The van der Waals surface area contributed by atoms with Crippen molar-refractivity contribution in [2.24, 2.45) is 10.7 Å². The molecule has 5 rings (SSSR count).